The van der Waals surface area contributed by atoms with Crippen LogP contribution in [0, 0.1) is 0 Å². The van der Waals surface area contributed by atoms with Crippen LogP contribution in [0.25, 0.3) is 16.3 Å². The fraction of sp³-hybridized carbons (Fsp3) is 0.130. The van der Waals surface area contributed by atoms with Gasteiger partial charge in [-0.1, -0.05) is 42.5 Å². The average molecular weight is 388 g/mol. The SMILES string of the molecule is COc1ccc(C2=C(Nc3cccc4ccccc34)C(=O)N(C)C2=O)cc1OC. The number of nitrogens with zero attached hydrogens (tertiary/aromatic N) is 1. The van der Waals surface area contributed by atoms with Gasteiger partial charge < -0.3 is 14.8 Å². The molecule has 0 unspecified atom stereocenters. The van der Waals surface area contributed by atoms with Gasteiger partial charge in [0.05, 0.1) is 19.8 Å². The molecule has 1 N–H and O–H groups in total. The molecule has 1 aliphatic rings. The number of anilines is 1. The number of hydrogen-bond donors (Lipinski definition) is 1. The predicted molar refractivity (Wildman–Crippen MR) is 112 cm³/mol. The van der Waals surface area contributed by atoms with Crippen molar-refractivity contribution in [1.29, 1.82) is 0 Å². The fourth-order valence-electron chi connectivity index (χ4n) is 3.49. The van der Waals surface area contributed by atoms with Crippen LogP contribution in [0.5, 0.6) is 11.5 Å². The molecule has 0 aromatic heterocycles. The van der Waals surface area contributed by atoms with Crippen LogP contribution in [0.4, 0.5) is 5.69 Å². The standard InChI is InChI=1S/C23H20N2O4/c1-25-22(26)20(15-11-12-18(28-2)19(13-15)29-3)21(23(25)27)24-17-10-6-8-14-7-4-5-9-16(14)17/h4-13,24H,1-3H3. The van der Waals surface area contributed by atoms with Crippen molar-refractivity contribution >= 4 is 33.8 Å². The predicted octanol–water partition coefficient (Wildman–Crippen LogP) is 3.68. The topological polar surface area (TPSA) is 67.9 Å². The van der Waals surface area contributed by atoms with Gasteiger partial charge in [-0.3, -0.25) is 14.5 Å². The highest BCUT2D eigenvalue weighted by Crippen LogP contribution is 2.36. The Morgan fingerprint density at radius 3 is 2.31 bits per heavy atom. The Balaban J connectivity index is 1.86. The molecule has 1 heterocycles. The summed E-state index contributed by atoms with van der Waals surface area (Å²) in [4.78, 5) is 26.8. The Labute approximate surface area is 168 Å². The Morgan fingerprint density at radius 2 is 1.55 bits per heavy atom. The lowest BCUT2D eigenvalue weighted by molar-refractivity contribution is -0.135. The minimum Gasteiger partial charge on any atom is -0.493 e. The van der Waals surface area contributed by atoms with Crippen LogP contribution in [0.2, 0.25) is 0 Å². The summed E-state index contributed by atoms with van der Waals surface area (Å²) in [6.07, 6.45) is 0. The summed E-state index contributed by atoms with van der Waals surface area (Å²) < 4.78 is 10.6. The number of carbonyl (C=O) groups is 2. The zero-order chi connectivity index (χ0) is 20.5. The molecule has 3 aromatic carbocycles. The van der Waals surface area contributed by atoms with E-state index in [2.05, 4.69) is 5.32 Å². The lowest BCUT2D eigenvalue weighted by Crippen LogP contribution is -2.27. The lowest BCUT2D eigenvalue weighted by Gasteiger charge is -2.12. The number of ether oxygens (including phenoxy) is 2. The smallest absolute Gasteiger partial charge is 0.277 e. The van der Waals surface area contributed by atoms with Gasteiger partial charge >= 0.3 is 0 Å². The lowest BCUT2D eigenvalue weighted by atomic mass is 10.0. The van der Waals surface area contributed by atoms with Gasteiger partial charge in [0.15, 0.2) is 11.5 Å². The highest BCUT2D eigenvalue weighted by Gasteiger charge is 2.37. The third kappa shape index (κ3) is 3.08. The second kappa shape index (κ2) is 7.31. The number of hydrogen-bond acceptors (Lipinski definition) is 5. The number of carbonyl (C=O) groups excluding carboxylic acids is 2. The fourth-order valence-corrected chi connectivity index (χ4v) is 3.49. The van der Waals surface area contributed by atoms with Crippen molar-refractivity contribution in [2.75, 3.05) is 26.6 Å². The van der Waals surface area contributed by atoms with Gasteiger partial charge in [-0.15, -0.1) is 0 Å². The van der Waals surface area contributed by atoms with Crippen molar-refractivity contribution in [3.63, 3.8) is 0 Å². The molecular formula is C23H20N2O4. The molecule has 2 amide bonds. The molecule has 6 heteroatoms. The zero-order valence-electron chi connectivity index (χ0n) is 16.4. The summed E-state index contributed by atoms with van der Waals surface area (Å²) in [6.45, 7) is 0. The zero-order valence-corrected chi connectivity index (χ0v) is 16.4. The third-order valence-corrected chi connectivity index (χ3v) is 5.01. The van der Waals surface area contributed by atoms with Crippen LogP contribution in [0.3, 0.4) is 0 Å². The number of methoxy groups -OCH3 is 2. The number of imide groups is 1. The van der Waals surface area contributed by atoms with E-state index in [1.165, 1.54) is 14.2 Å². The third-order valence-electron chi connectivity index (χ3n) is 5.01. The Bertz CT molecular complexity index is 1160. The van der Waals surface area contributed by atoms with Crippen molar-refractivity contribution in [3.8, 4) is 11.5 Å². The quantitative estimate of drug-likeness (QED) is 0.676. The van der Waals surface area contributed by atoms with Gasteiger partial charge in [0, 0.05) is 18.1 Å². The monoisotopic (exact) mass is 388 g/mol. The molecule has 0 saturated heterocycles. The van der Waals surface area contributed by atoms with Crippen molar-refractivity contribution in [2.24, 2.45) is 0 Å². The van der Waals surface area contributed by atoms with E-state index >= 15 is 0 Å². The van der Waals surface area contributed by atoms with Crippen LogP contribution in [-0.4, -0.2) is 38.0 Å². The summed E-state index contributed by atoms with van der Waals surface area (Å²) in [5.41, 5.74) is 1.87. The van der Waals surface area contributed by atoms with Gasteiger partial charge in [0.25, 0.3) is 11.8 Å². The molecule has 6 nitrogen and oxygen atoms in total. The van der Waals surface area contributed by atoms with E-state index in [0.29, 0.717) is 22.6 Å². The van der Waals surface area contributed by atoms with E-state index in [0.717, 1.165) is 21.4 Å². The molecule has 0 spiro atoms. The largest absolute Gasteiger partial charge is 0.493 e. The Kier molecular flexibility index (Phi) is 4.68. The summed E-state index contributed by atoms with van der Waals surface area (Å²) in [7, 11) is 4.55. The second-order valence-electron chi connectivity index (χ2n) is 6.64. The van der Waals surface area contributed by atoms with E-state index in [1.807, 2.05) is 42.5 Å². The molecule has 0 radical (unpaired) electrons. The molecule has 4 rings (SSSR count). The van der Waals surface area contributed by atoms with Gasteiger partial charge in [0.1, 0.15) is 5.70 Å². The number of nitrogens with one attached hydrogen (secondary N) is 1. The van der Waals surface area contributed by atoms with Crippen LogP contribution in [0.15, 0.2) is 66.4 Å². The first-order valence-corrected chi connectivity index (χ1v) is 9.09. The van der Waals surface area contributed by atoms with E-state index in [4.69, 9.17) is 9.47 Å². The van der Waals surface area contributed by atoms with Crippen molar-refractivity contribution in [2.45, 2.75) is 0 Å². The normalized spacial score (nSPS) is 14.0. The maximum Gasteiger partial charge on any atom is 0.277 e. The molecule has 29 heavy (non-hydrogen) atoms. The molecule has 0 atom stereocenters. The maximum absolute atomic E-state index is 12.9. The van der Waals surface area contributed by atoms with Gasteiger partial charge in [-0.2, -0.15) is 0 Å². The van der Waals surface area contributed by atoms with Crippen LogP contribution in [-0.2, 0) is 9.59 Å². The first-order valence-electron chi connectivity index (χ1n) is 9.09. The highest BCUT2D eigenvalue weighted by atomic mass is 16.5. The van der Waals surface area contributed by atoms with Gasteiger partial charge in [-0.05, 0) is 29.1 Å². The molecule has 146 valence electrons. The van der Waals surface area contributed by atoms with E-state index < -0.39 is 0 Å². The first kappa shape index (κ1) is 18.6. The second-order valence-corrected chi connectivity index (χ2v) is 6.64. The molecule has 1 aliphatic heterocycles. The summed E-state index contributed by atoms with van der Waals surface area (Å²) >= 11 is 0. The molecule has 0 fully saturated rings. The van der Waals surface area contributed by atoms with Crippen LogP contribution < -0.4 is 14.8 Å². The molecule has 0 bridgehead atoms. The molecule has 0 saturated carbocycles. The number of fused-ring (bicyclic) bond motifs is 1. The van der Waals surface area contributed by atoms with E-state index in [1.54, 1.807) is 25.3 Å². The van der Waals surface area contributed by atoms with Crippen LogP contribution >= 0.6 is 0 Å². The molecule has 3 aromatic rings. The van der Waals surface area contributed by atoms with Crippen molar-refractivity contribution in [1.82, 2.24) is 4.90 Å². The molecular weight excluding hydrogens is 368 g/mol. The van der Waals surface area contributed by atoms with E-state index in [9.17, 15) is 9.59 Å². The highest BCUT2D eigenvalue weighted by molar-refractivity contribution is 6.36. The number of benzene rings is 3. The first-order chi connectivity index (χ1) is 14.0. The van der Waals surface area contributed by atoms with Crippen LogP contribution in [0.1, 0.15) is 5.56 Å². The van der Waals surface area contributed by atoms with Crippen molar-refractivity contribution in [3.05, 3.63) is 71.9 Å². The summed E-state index contributed by atoms with van der Waals surface area (Å²) in [5.74, 6) is 0.278. The number of rotatable bonds is 5. The van der Waals surface area contributed by atoms with Gasteiger partial charge in [0.2, 0.25) is 0 Å². The van der Waals surface area contributed by atoms with E-state index in [-0.39, 0.29) is 17.5 Å². The minimum absolute atomic E-state index is 0.237. The molecule has 0 aliphatic carbocycles. The summed E-state index contributed by atoms with van der Waals surface area (Å²) in [5, 5.41) is 5.20. The van der Waals surface area contributed by atoms with Crippen molar-refractivity contribution < 1.29 is 19.1 Å². The summed E-state index contributed by atoms with van der Waals surface area (Å²) in [6, 6.07) is 18.8. The maximum atomic E-state index is 12.9. The minimum atomic E-state index is -0.382. The number of amides is 2. The average Bonchev–Trinajstić information content (AvgIpc) is 2.97. The Hall–Kier alpha value is -3.80. The van der Waals surface area contributed by atoms with Gasteiger partial charge in [-0.25, -0.2) is 0 Å². The Morgan fingerprint density at radius 1 is 0.828 bits per heavy atom. The number of likely N-dealkylation sites (N-methyl/N-ethyl adjacent to an activating group) is 1.